The summed E-state index contributed by atoms with van der Waals surface area (Å²) in [7, 11) is 0. The van der Waals surface area contributed by atoms with E-state index >= 15 is 0 Å². The van der Waals surface area contributed by atoms with E-state index in [4.69, 9.17) is 0 Å². The zero-order chi connectivity index (χ0) is 14.3. The number of carbonyl (C=O) groups excluding carboxylic acids is 2. The molecule has 0 aromatic carbocycles. The van der Waals surface area contributed by atoms with Crippen molar-refractivity contribution in [3.05, 3.63) is 36.5 Å². The molecule has 0 fully saturated rings. The minimum absolute atomic E-state index is 0.110. The van der Waals surface area contributed by atoms with E-state index in [0.717, 1.165) is 38.4 Å². The van der Waals surface area contributed by atoms with Gasteiger partial charge in [0.25, 0.3) is 5.91 Å². The second kappa shape index (κ2) is 12.8. The lowest BCUT2D eigenvalue weighted by molar-refractivity contribution is -0.117. The largest absolute Gasteiger partial charge is 0.352 e. The Balaban J connectivity index is 3.52. The molecule has 3 nitrogen and oxygen atoms in total. The summed E-state index contributed by atoms with van der Waals surface area (Å²) >= 11 is 0. The molecule has 0 saturated carbocycles. The fourth-order valence-electron chi connectivity index (χ4n) is 1.56. The number of hydrogen-bond acceptors (Lipinski definition) is 2. The number of hydrogen-bond donors (Lipinski definition) is 1. The van der Waals surface area contributed by atoms with Crippen LogP contribution in [0.4, 0.5) is 0 Å². The molecule has 0 aliphatic rings. The SMILES string of the molecule is C=C(/C=C\C=C/C)C(=O)NCCCCCCCC=O. The highest BCUT2D eigenvalue weighted by Gasteiger charge is 2.01. The minimum atomic E-state index is -0.110. The third-order valence-electron chi connectivity index (χ3n) is 2.68. The van der Waals surface area contributed by atoms with Crippen LogP contribution in [-0.4, -0.2) is 18.7 Å². The maximum absolute atomic E-state index is 11.6. The van der Waals surface area contributed by atoms with E-state index in [1.165, 1.54) is 0 Å². The van der Waals surface area contributed by atoms with Crippen molar-refractivity contribution >= 4 is 12.2 Å². The first kappa shape index (κ1) is 17.4. The predicted octanol–water partition coefficient (Wildman–Crippen LogP) is 3.33. The van der Waals surface area contributed by atoms with Gasteiger partial charge in [0.1, 0.15) is 6.29 Å². The Morgan fingerprint density at radius 3 is 2.47 bits per heavy atom. The molecule has 0 spiro atoms. The summed E-state index contributed by atoms with van der Waals surface area (Å²) in [5.74, 6) is -0.110. The van der Waals surface area contributed by atoms with Crippen molar-refractivity contribution in [3.63, 3.8) is 0 Å². The first-order valence-electron chi connectivity index (χ1n) is 6.92. The van der Waals surface area contributed by atoms with Gasteiger partial charge in [0, 0.05) is 18.5 Å². The maximum atomic E-state index is 11.6. The second-order valence-electron chi connectivity index (χ2n) is 4.39. The van der Waals surface area contributed by atoms with Crippen molar-refractivity contribution in [3.8, 4) is 0 Å². The van der Waals surface area contributed by atoms with Gasteiger partial charge >= 0.3 is 0 Å². The Hall–Kier alpha value is -1.64. The van der Waals surface area contributed by atoms with Crippen LogP contribution in [-0.2, 0) is 9.59 Å². The molecule has 0 aliphatic carbocycles. The van der Waals surface area contributed by atoms with E-state index in [9.17, 15) is 9.59 Å². The standard InChI is InChI=1S/C16H25NO2/c1-3-4-9-12-15(2)16(19)17-13-10-7-5-6-8-11-14-18/h3-4,9,12,14H,2,5-8,10-11,13H2,1H3,(H,17,19)/b4-3-,12-9-. The summed E-state index contributed by atoms with van der Waals surface area (Å²) in [6.45, 7) is 6.31. The monoisotopic (exact) mass is 263 g/mol. The Morgan fingerprint density at radius 1 is 1.11 bits per heavy atom. The van der Waals surface area contributed by atoms with Crippen LogP contribution in [0.3, 0.4) is 0 Å². The molecule has 0 aliphatic heterocycles. The number of aldehydes is 1. The van der Waals surface area contributed by atoms with E-state index in [-0.39, 0.29) is 5.91 Å². The van der Waals surface area contributed by atoms with Gasteiger partial charge < -0.3 is 10.1 Å². The number of allylic oxidation sites excluding steroid dienone is 3. The summed E-state index contributed by atoms with van der Waals surface area (Å²) in [6, 6.07) is 0. The average Bonchev–Trinajstić information content (AvgIpc) is 2.41. The highest BCUT2D eigenvalue weighted by molar-refractivity contribution is 5.95. The molecule has 1 N–H and O–H groups in total. The molecule has 0 radical (unpaired) electrons. The van der Waals surface area contributed by atoms with Crippen LogP contribution in [0.15, 0.2) is 36.5 Å². The third-order valence-corrected chi connectivity index (χ3v) is 2.68. The topological polar surface area (TPSA) is 46.2 Å². The van der Waals surface area contributed by atoms with Gasteiger partial charge in [0.2, 0.25) is 0 Å². The smallest absolute Gasteiger partial charge is 0.250 e. The van der Waals surface area contributed by atoms with Crippen molar-refractivity contribution in [1.29, 1.82) is 0 Å². The van der Waals surface area contributed by atoms with Crippen LogP contribution >= 0.6 is 0 Å². The lowest BCUT2D eigenvalue weighted by Gasteiger charge is -2.04. The zero-order valence-electron chi connectivity index (χ0n) is 11.9. The van der Waals surface area contributed by atoms with Gasteiger partial charge in [-0.2, -0.15) is 0 Å². The van der Waals surface area contributed by atoms with Crippen molar-refractivity contribution in [2.24, 2.45) is 0 Å². The molecule has 0 saturated heterocycles. The molecule has 3 heteroatoms. The summed E-state index contributed by atoms with van der Waals surface area (Å²) in [4.78, 5) is 21.7. The molecule has 0 unspecified atom stereocenters. The maximum Gasteiger partial charge on any atom is 0.250 e. The molecule has 0 heterocycles. The van der Waals surface area contributed by atoms with Gasteiger partial charge in [0.05, 0.1) is 0 Å². The fourth-order valence-corrected chi connectivity index (χ4v) is 1.56. The summed E-state index contributed by atoms with van der Waals surface area (Å²) in [5.41, 5.74) is 0.476. The van der Waals surface area contributed by atoms with Crippen molar-refractivity contribution in [2.75, 3.05) is 6.54 Å². The van der Waals surface area contributed by atoms with E-state index in [1.807, 2.05) is 19.1 Å². The van der Waals surface area contributed by atoms with Crippen molar-refractivity contribution in [2.45, 2.75) is 45.4 Å². The molecule has 0 bridgehead atoms. The van der Waals surface area contributed by atoms with E-state index in [2.05, 4.69) is 11.9 Å². The van der Waals surface area contributed by atoms with Crippen LogP contribution in [0.25, 0.3) is 0 Å². The van der Waals surface area contributed by atoms with Crippen LogP contribution in [0, 0.1) is 0 Å². The van der Waals surface area contributed by atoms with E-state index < -0.39 is 0 Å². The Morgan fingerprint density at radius 2 is 1.79 bits per heavy atom. The van der Waals surface area contributed by atoms with Crippen LogP contribution in [0.1, 0.15) is 45.4 Å². The van der Waals surface area contributed by atoms with E-state index in [0.29, 0.717) is 18.5 Å². The summed E-state index contributed by atoms with van der Waals surface area (Å²) in [6.07, 6.45) is 14.1. The number of amides is 1. The number of nitrogens with one attached hydrogen (secondary N) is 1. The van der Waals surface area contributed by atoms with Gasteiger partial charge in [0.15, 0.2) is 0 Å². The third kappa shape index (κ3) is 11.2. The van der Waals surface area contributed by atoms with Crippen LogP contribution in [0.5, 0.6) is 0 Å². The normalized spacial score (nSPS) is 11.0. The van der Waals surface area contributed by atoms with Gasteiger partial charge in [-0.15, -0.1) is 0 Å². The molecule has 1 amide bonds. The second-order valence-corrected chi connectivity index (χ2v) is 4.39. The average molecular weight is 263 g/mol. The minimum Gasteiger partial charge on any atom is -0.352 e. The van der Waals surface area contributed by atoms with Crippen LogP contribution < -0.4 is 5.32 Å². The Kier molecular flexibility index (Phi) is 11.7. The van der Waals surface area contributed by atoms with Gasteiger partial charge in [-0.1, -0.05) is 50.1 Å². The Labute approximate surface area is 116 Å². The molecule has 0 rings (SSSR count). The van der Waals surface area contributed by atoms with Crippen molar-refractivity contribution < 1.29 is 9.59 Å². The highest BCUT2D eigenvalue weighted by Crippen LogP contribution is 2.04. The van der Waals surface area contributed by atoms with E-state index in [1.54, 1.807) is 12.2 Å². The van der Waals surface area contributed by atoms with Gasteiger partial charge in [-0.25, -0.2) is 0 Å². The molecule has 0 atom stereocenters. The lowest BCUT2D eigenvalue weighted by atomic mass is 10.1. The molecular formula is C16H25NO2. The van der Waals surface area contributed by atoms with Gasteiger partial charge in [-0.05, 0) is 19.8 Å². The summed E-state index contributed by atoms with van der Waals surface area (Å²) < 4.78 is 0. The molecule has 106 valence electrons. The van der Waals surface area contributed by atoms with Crippen molar-refractivity contribution in [1.82, 2.24) is 5.32 Å². The Bertz CT molecular complexity index is 330. The predicted molar refractivity (Wildman–Crippen MR) is 79.9 cm³/mol. The zero-order valence-corrected chi connectivity index (χ0v) is 11.9. The number of rotatable bonds is 11. The summed E-state index contributed by atoms with van der Waals surface area (Å²) in [5, 5.41) is 2.84. The molecule has 0 aromatic rings. The molecular weight excluding hydrogens is 238 g/mol. The van der Waals surface area contributed by atoms with Gasteiger partial charge in [-0.3, -0.25) is 4.79 Å². The van der Waals surface area contributed by atoms with Crippen LogP contribution in [0.2, 0.25) is 0 Å². The molecule has 19 heavy (non-hydrogen) atoms. The first-order chi connectivity index (χ1) is 9.22. The fraction of sp³-hybridized carbons (Fsp3) is 0.500. The number of unbranched alkanes of at least 4 members (excludes halogenated alkanes) is 5. The number of carbonyl (C=O) groups is 2. The lowest BCUT2D eigenvalue weighted by Crippen LogP contribution is -2.24. The quantitative estimate of drug-likeness (QED) is 0.269. The highest BCUT2D eigenvalue weighted by atomic mass is 16.1. The molecule has 0 aromatic heterocycles. The first-order valence-corrected chi connectivity index (χ1v) is 6.92.